The molecule has 24 heavy (non-hydrogen) atoms. The molecule has 130 valence electrons. The fourth-order valence-corrected chi connectivity index (χ4v) is 5.00. The molecule has 2 unspecified atom stereocenters. The highest BCUT2D eigenvalue weighted by molar-refractivity contribution is 7.18. The number of aryl methyl sites for hydroxylation is 1. The van der Waals surface area contributed by atoms with Gasteiger partial charge in [0.15, 0.2) is 0 Å². The molecule has 1 N–H and O–H groups in total. The van der Waals surface area contributed by atoms with Crippen molar-refractivity contribution in [3.63, 3.8) is 0 Å². The number of nitrogens with zero attached hydrogens (tertiary/aromatic N) is 2. The van der Waals surface area contributed by atoms with Gasteiger partial charge in [0, 0.05) is 11.4 Å². The molecule has 0 bridgehead atoms. The number of H-pyrrole nitrogens is 1. The summed E-state index contributed by atoms with van der Waals surface area (Å²) in [6, 6.07) is 0.0712. The summed E-state index contributed by atoms with van der Waals surface area (Å²) in [7, 11) is 0. The Morgan fingerprint density at radius 2 is 2.29 bits per heavy atom. The van der Waals surface area contributed by atoms with Crippen LogP contribution in [0.4, 0.5) is 0 Å². The predicted octanol–water partition coefficient (Wildman–Crippen LogP) is 4.07. The van der Waals surface area contributed by atoms with Crippen LogP contribution in [0.5, 0.6) is 0 Å². The Labute approximate surface area is 147 Å². The van der Waals surface area contributed by atoms with Gasteiger partial charge in [-0.2, -0.15) is 0 Å². The van der Waals surface area contributed by atoms with Crippen molar-refractivity contribution in [3.05, 3.63) is 38.8 Å². The monoisotopic (exact) mass is 345 g/mol. The maximum Gasteiger partial charge on any atom is 0.259 e. The maximum absolute atomic E-state index is 12.7. The molecule has 2 aromatic rings. The number of hydrogen-bond donors (Lipinski definition) is 1. The maximum atomic E-state index is 12.7. The summed E-state index contributed by atoms with van der Waals surface area (Å²) in [4.78, 5) is 25.2. The zero-order chi connectivity index (χ0) is 17.4. The Balaban J connectivity index is 2.02. The Hall–Kier alpha value is -1.46. The summed E-state index contributed by atoms with van der Waals surface area (Å²) in [5.74, 6) is 1.47. The van der Waals surface area contributed by atoms with Gasteiger partial charge in [0.1, 0.15) is 10.7 Å². The first-order valence-corrected chi connectivity index (χ1v) is 9.65. The molecule has 0 spiro atoms. The minimum Gasteiger partial charge on any atom is -0.309 e. The van der Waals surface area contributed by atoms with Crippen LogP contribution in [0, 0.1) is 5.92 Å². The highest BCUT2D eigenvalue weighted by atomic mass is 32.1. The fourth-order valence-electron chi connectivity index (χ4n) is 3.61. The van der Waals surface area contributed by atoms with E-state index in [1.54, 1.807) is 11.3 Å². The Morgan fingerprint density at radius 1 is 1.54 bits per heavy atom. The van der Waals surface area contributed by atoms with Gasteiger partial charge in [-0.15, -0.1) is 11.3 Å². The molecule has 2 heterocycles. The smallest absolute Gasteiger partial charge is 0.259 e. The summed E-state index contributed by atoms with van der Waals surface area (Å²) in [5, 5.41) is 0.834. The van der Waals surface area contributed by atoms with Crippen LogP contribution >= 0.6 is 11.3 Å². The molecule has 1 aliphatic carbocycles. The van der Waals surface area contributed by atoms with Crippen LogP contribution in [0.3, 0.4) is 0 Å². The van der Waals surface area contributed by atoms with Gasteiger partial charge in [0.2, 0.25) is 0 Å². The van der Waals surface area contributed by atoms with Crippen molar-refractivity contribution < 1.29 is 0 Å². The normalized spacial score (nSPS) is 18.8. The van der Waals surface area contributed by atoms with Gasteiger partial charge in [-0.05, 0) is 51.1 Å². The van der Waals surface area contributed by atoms with Crippen molar-refractivity contribution in [2.75, 3.05) is 13.1 Å². The lowest BCUT2D eigenvalue weighted by Gasteiger charge is -2.27. The lowest BCUT2D eigenvalue weighted by molar-refractivity contribution is 0.233. The van der Waals surface area contributed by atoms with Gasteiger partial charge in [-0.3, -0.25) is 9.69 Å². The number of hydrogen-bond acceptors (Lipinski definition) is 4. The number of thiophene rings is 1. The summed E-state index contributed by atoms with van der Waals surface area (Å²) >= 11 is 1.72. The summed E-state index contributed by atoms with van der Waals surface area (Å²) in [5.41, 5.74) is 2.39. The minimum atomic E-state index is 0.0280. The van der Waals surface area contributed by atoms with Crippen molar-refractivity contribution in [3.8, 4) is 0 Å². The topological polar surface area (TPSA) is 49.0 Å². The first-order valence-electron chi connectivity index (χ1n) is 8.83. The SMILES string of the molecule is C=C(C)CN(CC)C(C)c1nc2sc3c(c2c(=O)[nH]1)CCC(C)C3. The van der Waals surface area contributed by atoms with Crippen LogP contribution in [0.25, 0.3) is 10.2 Å². The lowest BCUT2D eigenvalue weighted by Crippen LogP contribution is -2.30. The van der Waals surface area contributed by atoms with E-state index < -0.39 is 0 Å². The highest BCUT2D eigenvalue weighted by Gasteiger charge is 2.24. The number of likely N-dealkylation sites (N-methyl/N-ethyl adjacent to an activating group) is 1. The number of aromatic amines is 1. The molecule has 0 aromatic carbocycles. The van der Waals surface area contributed by atoms with Gasteiger partial charge in [-0.25, -0.2) is 4.98 Å². The van der Waals surface area contributed by atoms with Gasteiger partial charge in [-0.1, -0.05) is 26.0 Å². The van der Waals surface area contributed by atoms with E-state index in [1.807, 2.05) is 6.92 Å². The van der Waals surface area contributed by atoms with Gasteiger partial charge >= 0.3 is 0 Å². The van der Waals surface area contributed by atoms with E-state index in [0.29, 0.717) is 5.92 Å². The summed E-state index contributed by atoms with van der Waals surface area (Å²) in [6.07, 6.45) is 3.25. The Kier molecular flexibility index (Phi) is 4.92. The van der Waals surface area contributed by atoms with Crippen LogP contribution in [-0.2, 0) is 12.8 Å². The molecule has 0 amide bonds. The number of aromatic nitrogens is 2. The van der Waals surface area contributed by atoms with E-state index in [1.165, 1.54) is 16.9 Å². The molecule has 0 saturated carbocycles. The van der Waals surface area contributed by atoms with Gasteiger partial charge in [0.25, 0.3) is 5.56 Å². The van der Waals surface area contributed by atoms with E-state index in [-0.39, 0.29) is 11.6 Å². The first kappa shape index (κ1) is 17.4. The van der Waals surface area contributed by atoms with Crippen LogP contribution in [-0.4, -0.2) is 28.0 Å². The van der Waals surface area contributed by atoms with E-state index >= 15 is 0 Å². The number of fused-ring (bicyclic) bond motifs is 3. The molecule has 0 fully saturated rings. The zero-order valence-corrected chi connectivity index (χ0v) is 15.9. The molecule has 2 atom stereocenters. The van der Waals surface area contributed by atoms with Crippen LogP contribution < -0.4 is 5.56 Å². The van der Waals surface area contributed by atoms with Crippen LogP contribution in [0.15, 0.2) is 16.9 Å². The van der Waals surface area contributed by atoms with Crippen molar-refractivity contribution in [1.82, 2.24) is 14.9 Å². The first-order chi connectivity index (χ1) is 11.4. The molecule has 2 aromatic heterocycles. The lowest BCUT2D eigenvalue weighted by atomic mass is 9.89. The number of nitrogens with one attached hydrogen (secondary N) is 1. The van der Waals surface area contributed by atoms with E-state index in [4.69, 9.17) is 4.98 Å². The average Bonchev–Trinajstić information content (AvgIpc) is 2.89. The van der Waals surface area contributed by atoms with Crippen LogP contribution in [0.2, 0.25) is 0 Å². The molecule has 0 radical (unpaired) electrons. The second kappa shape index (κ2) is 6.81. The fraction of sp³-hybridized carbons (Fsp3) is 0.579. The standard InChI is InChI=1S/C19H27N3OS/c1-6-22(10-11(2)3)13(5)17-20-18(23)16-14-8-7-12(4)9-15(14)24-19(16)21-17/h12-13H,2,6-10H2,1,3-5H3,(H,20,21,23). The third kappa shape index (κ3) is 3.20. The second-order valence-electron chi connectivity index (χ2n) is 7.18. The zero-order valence-electron chi connectivity index (χ0n) is 15.1. The largest absolute Gasteiger partial charge is 0.309 e. The van der Waals surface area contributed by atoms with Gasteiger partial charge < -0.3 is 4.98 Å². The molecule has 5 heteroatoms. The molecule has 1 aliphatic rings. The molecule has 0 saturated heterocycles. The van der Waals surface area contributed by atoms with Crippen molar-refractivity contribution in [2.24, 2.45) is 5.92 Å². The minimum absolute atomic E-state index is 0.0280. The third-order valence-corrected chi connectivity index (χ3v) is 6.15. The summed E-state index contributed by atoms with van der Waals surface area (Å²) < 4.78 is 0. The number of rotatable bonds is 5. The van der Waals surface area contributed by atoms with E-state index in [0.717, 1.165) is 47.5 Å². The average molecular weight is 346 g/mol. The Bertz CT molecular complexity index is 820. The molecule has 4 nitrogen and oxygen atoms in total. The van der Waals surface area contributed by atoms with Crippen molar-refractivity contribution in [1.29, 1.82) is 0 Å². The molecule has 3 rings (SSSR count). The van der Waals surface area contributed by atoms with E-state index in [9.17, 15) is 4.79 Å². The quantitative estimate of drug-likeness (QED) is 0.831. The summed E-state index contributed by atoms with van der Waals surface area (Å²) in [6.45, 7) is 14.3. The highest BCUT2D eigenvalue weighted by Crippen LogP contribution is 2.36. The third-order valence-electron chi connectivity index (χ3n) is 5.01. The van der Waals surface area contributed by atoms with Crippen LogP contribution in [0.1, 0.15) is 56.4 Å². The predicted molar refractivity (Wildman–Crippen MR) is 102 cm³/mol. The Morgan fingerprint density at radius 3 is 2.96 bits per heavy atom. The van der Waals surface area contributed by atoms with E-state index in [2.05, 4.69) is 37.2 Å². The second-order valence-corrected chi connectivity index (χ2v) is 8.26. The molecular weight excluding hydrogens is 318 g/mol. The molecule has 0 aliphatic heterocycles. The van der Waals surface area contributed by atoms with Crippen molar-refractivity contribution in [2.45, 2.75) is 53.0 Å². The molecular formula is C19H27N3OS. The van der Waals surface area contributed by atoms with Crippen molar-refractivity contribution >= 4 is 21.6 Å². The van der Waals surface area contributed by atoms with Gasteiger partial charge in [0.05, 0.1) is 11.4 Å².